The molecule has 0 aromatic carbocycles. The van der Waals surface area contributed by atoms with Gasteiger partial charge in [-0.2, -0.15) is 0 Å². The van der Waals surface area contributed by atoms with E-state index in [0.717, 1.165) is 38.9 Å². The predicted molar refractivity (Wildman–Crippen MR) is 93.5 cm³/mol. The molecule has 1 saturated heterocycles. The minimum Gasteiger partial charge on any atom is -0.444 e. The van der Waals surface area contributed by atoms with E-state index in [1.807, 2.05) is 27.7 Å². The molecule has 5 heteroatoms. The first kappa shape index (κ1) is 20.2. The van der Waals surface area contributed by atoms with Crippen molar-refractivity contribution >= 4 is 6.09 Å². The van der Waals surface area contributed by atoms with Gasteiger partial charge in [-0.25, -0.2) is 4.79 Å². The fraction of sp³-hybridized carbons (Fsp3) is 0.944. The zero-order valence-electron chi connectivity index (χ0n) is 15.8. The molecule has 0 spiro atoms. The van der Waals surface area contributed by atoms with Gasteiger partial charge in [0.15, 0.2) is 0 Å². The molecule has 23 heavy (non-hydrogen) atoms. The van der Waals surface area contributed by atoms with Crippen LogP contribution in [0.25, 0.3) is 0 Å². The largest absolute Gasteiger partial charge is 0.444 e. The van der Waals surface area contributed by atoms with E-state index in [0.29, 0.717) is 11.8 Å². The van der Waals surface area contributed by atoms with E-state index in [1.165, 1.54) is 0 Å². The number of carbonyl (C=O) groups is 1. The first-order valence-electron chi connectivity index (χ1n) is 8.99. The second kappa shape index (κ2) is 8.88. The van der Waals surface area contributed by atoms with Crippen molar-refractivity contribution < 1.29 is 14.6 Å². The summed E-state index contributed by atoms with van der Waals surface area (Å²) in [6.07, 6.45) is 1.90. The van der Waals surface area contributed by atoms with Gasteiger partial charge < -0.3 is 20.1 Å². The molecule has 0 aromatic rings. The number of nitrogens with one attached hydrogen (secondary N) is 1. The monoisotopic (exact) mass is 328 g/mol. The summed E-state index contributed by atoms with van der Waals surface area (Å²) in [5.74, 6) is 1.00. The molecule has 0 bridgehead atoms. The normalized spacial score (nSPS) is 24.5. The standard InChI is InChI=1S/C18H36N2O3/c1-7-16(21)9-14-8-15(12-20(11-14)10-13(2)3)19-17(22)23-18(4,5)6/h13-16,21H,7-12H2,1-6H3,(H,19,22). The Balaban J connectivity index is 2.63. The van der Waals surface area contributed by atoms with E-state index < -0.39 is 5.60 Å². The highest BCUT2D eigenvalue weighted by atomic mass is 16.6. The summed E-state index contributed by atoms with van der Waals surface area (Å²) in [5.41, 5.74) is -0.478. The van der Waals surface area contributed by atoms with Crippen molar-refractivity contribution in [2.45, 2.75) is 78.6 Å². The highest BCUT2D eigenvalue weighted by Gasteiger charge is 2.30. The molecule has 136 valence electrons. The number of likely N-dealkylation sites (tertiary alicyclic amines) is 1. The Morgan fingerprint density at radius 1 is 1.35 bits per heavy atom. The number of aliphatic hydroxyl groups is 1. The van der Waals surface area contributed by atoms with E-state index >= 15 is 0 Å². The van der Waals surface area contributed by atoms with E-state index in [2.05, 4.69) is 24.1 Å². The zero-order chi connectivity index (χ0) is 17.6. The smallest absolute Gasteiger partial charge is 0.407 e. The van der Waals surface area contributed by atoms with Crippen LogP contribution in [0.4, 0.5) is 4.79 Å². The third kappa shape index (κ3) is 8.56. The molecule has 1 fully saturated rings. The van der Waals surface area contributed by atoms with Crippen molar-refractivity contribution in [2.75, 3.05) is 19.6 Å². The molecule has 0 radical (unpaired) electrons. The molecule has 1 amide bonds. The molecule has 0 aromatic heterocycles. The summed E-state index contributed by atoms with van der Waals surface area (Å²) in [4.78, 5) is 14.4. The van der Waals surface area contributed by atoms with Gasteiger partial charge in [0.05, 0.1) is 6.10 Å². The molecule has 1 rings (SSSR count). The van der Waals surface area contributed by atoms with Crippen molar-refractivity contribution in [3.05, 3.63) is 0 Å². The maximum atomic E-state index is 12.0. The van der Waals surface area contributed by atoms with E-state index in [-0.39, 0.29) is 18.2 Å². The van der Waals surface area contributed by atoms with Crippen LogP contribution in [-0.4, -0.2) is 53.5 Å². The summed E-state index contributed by atoms with van der Waals surface area (Å²) >= 11 is 0. The van der Waals surface area contributed by atoms with Gasteiger partial charge in [-0.3, -0.25) is 0 Å². The van der Waals surface area contributed by atoms with Crippen molar-refractivity contribution in [1.29, 1.82) is 0 Å². The Bertz CT molecular complexity index is 366. The van der Waals surface area contributed by atoms with Crippen LogP contribution >= 0.6 is 0 Å². The van der Waals surface area contributed by atoms with Gasteiger partial charge in [-0.05, 0) is 51.9 Å². The summed E-state index contributed by atoms with van der Waals surface area (Å²) in [6, 6.07) is 0.0893. The highest BCUT2D eigenvalue weighted by Crippen LogP contribution is 2.23. The van der Waals surface area contributed by atoms with Crippen LogP contribution in [0.5, 0.6) is 0 Å². The Morgan fingerprint density at radius 2 is 2.00 bits per heavy atom. The lowest BCUT2D eigenvalue weighted by atomic mass is 9.88. The number of rotatable bonds is 6. The average Bonchev–Trinajstić information content (AvgIpc) is 2.34. The van der Waals surface area contributed by atoms with Crippen molar-refractivity contribution in [1.82, 2.24) is 10.2 Å². The topological polar surface area (TPSA) is 61.8 Å². The first-order chi connectivity index (χ1) is 10.6. The highest BCUT2D eigenvalue weighted by molar-refractivity contribution is 5.68. The fourth-order valence-electron chi connectivity index (χ4n) is 3.27. The molecule has 0 aliphatic carbocycles. The maximum Gasteiger partial charge on any atom is 0.407 e. The lowest BCUT2D eigenvalue weighted by molar-refractivity contribution is 0.0407. The van der Waals surface area contributed by atoms with Gasteiger partial charge in [0.1, 0.15) is 5.60 Å². The van der Waals surface area contributed by atoms with E-state index in [9.17, 15) is 9.90 Å². The first-order valence-corrected chi connectivity index (χ1v) is 8.99. The van der Waals surface area contributed by atoms with Gasteiger partial charge in [0, 0.05) is 25.7 Å². The number of aliphatic hydroxyl groups excluding tert-OH is 1. The van der Waals surface area contributed by atoms with Gasteiger partial charge in [0.25, 0.3) is 0 Å². The quantitative estimate of drug-likeness (QED) is 0.787. The number of carbonyl (C=O) groups excluding carboxylic acids is 1. The summed E-state index contributed by atoms with van der Waals surface area (Å²) in [6.45, 7) is 14.9. The van der Waals surface area contributed by atoms with E-state index in [1.54, 1.807) is 0 Å². The predicted octanol–water partition coefficient (Wildman–Crippen LogP) is 3.02. The van der Waals surface area contributed by atoms with Crippen molar-refractivity contribution in [2.24, 2.45) is 11.8 Å². The second-order valence-corrected chi connectivity index (χ2v) is 8.36. The van der Waals surface area contributed by atoms with Crippen molar-refractivity contribution in [3.8, 4) is 0 Å². The number of hydrogen-bond acceptors (Lipinski definition) is 4. The zero-order valence-corrected chi connectivity index (χ0v) is 15.8. The minimum absolute atomic E-state index is 0.0893. The Kier molecular flexibility index (Phi) is 7.81. The summed E-state index contributed by atoms with van der Waals surface area (Å²) in [5, 5.41) is 13.0. The lowest BCUT2D eigenvalue weighted by Gasteiger charge is -2.39. The Morgan fingerprint density at radius 3 is 2.52 bits per heavy atom. The number of ether oxygens (including phenoxy) is 1. The van der Waals surface area contributed by atoms with Crippen LogP contribution in [0.2, 0.25) is 0 Å². The molecular formula is C18H36N2O3. The number of nitrogens with zero attached hydrogens (tertiary/aromatic N) is 1. The molecule has 3 unspecified atom stereocenters. The average molecular weight is 328 g/mol. The van der Waals surface area contributed by atoms with E-state index in [4.69, 9.17) is 4.74 Å². The van der Waals surface area contributed by atoms with Gasteiger partial charge in [-0.15, -0.1) is 0 Å². The Labute approximate surface area is 141 Å². The second-order valence-electron chi connectivity index (χ2n) is 8.36. The van der Waals surface area contributed by atoms with Crippen LogP contribution in [0.3, 0.4) is 0 Å². The molecule has 5 nitrogen and oxygen atoms in total. The molecule has 1 aliphatic heterocycles. The molecule has 3 atom stereocenters. The fourth-order valence-corrected chi connectivity index (χ4v) is 3.27. The number of hydrogen-bond donors (Lipinski definition) is 2. The molecule has 1 heterocycles. The molecule has 0 saturated carbocycles. The van der Waals surface area contributed by atoms with Gasteiger partial charge in [-0.1, -0.05) is 20.8 Å². The summed E-state index contributed by atoms with van der Waals surface area (Å²) < 4.78 is 5.38. The third-order valence-corrected chi connectivity index (χ3v) is 4.03. The SMILES string of the molecule is CCC(O)CC1CC(NC(=O)OC(C)(C)C)CN(CC(C)C)C1. The van der Waals surface area contributed by atoms with Crippen LogP contribution in [0.1, 0.15) is 60.8 Å². The molecular weight excluding hydrogens is 292 g/mol. The van der Waals surface area contributed by atoms with Crippen LogP contribution in [-0.2, 0) is 4.74 Å². The van der Waals surface area contributed by atoms with Gasteiger partial charge in [0.2, 0.25) is 0 Å². The van der Waals surface area contributed by atoms with Crippen LogP contribution in [0, 0.1) is 11.8 Å². The molecule has 1 aliphatic rings. The van der Waals surface area contributed by atoms with Gasteiger partial charge >= 0.3 is 6.09 Å². The van der Waals surface area contributed by atoms with Crippen molar-refractivity contribution in [3.63, 3.8) is 0 Å². The lowest BCUT2D eigenvalue weighted by Crippen LogP contribution is -2.52. The molecule has 2 N–H and O–H groups in total. The maximum absolute atomic E-state index is 12.0. The van der Waals surface area contributed by atoms with Crippen LogP contribution < -0.4 is 5.32 Å². The number of amides is 1. The Hall–Kier alpha value is -0.810. The minimum atomic E-state index is -0.478. The summed E-state index contributed by atoms with van der Waals surface area (Å²) in [7, 11) is 0. The number of piperidine rings is 1. The third-order valence-electron chi connectivity index (χ3n) is 4.03. The van der Waals surface area contributed by atoms with Crippen LogP contribution in [0.15, 0.2) is 0 Å². The number of alkyl carbamates (subject to hydrolysis) is 1.